The molecular formula is C14H17N3O3S. The van der Waals surface area contributed by atoms with Gasteiger partial charge in [-0.25, -0.2) is 0 Å². The number of anilines is 3. The smallest absolute Gasteiger partial charge is 0.294 e. The van der Waals surface area contributed by atoms with Gasteiger partial charge in [-0.15, -0.1) is 0 Å². The van der Waals surface area contributed by atoms with Gasteiger partial charge in [0.1, 0.15) is 0 Å². The largest absolute Gasteiger partial charge is 0.378 e. The summed E-state index contributed by atoms with van der Waals surface area (Å²) < 4.78 is 30.7. The van der Waals surface area contributed by atoms with Crippen molar-refractivity contribution in [3.63, 3.8) is 0 Å². The van der Waals surface area contributed by atoms with Crippen LogP contribution in [0.4, 0.5) is 17.1 Å². The summed E-state index contributed by atoms with van der Waals surface area (Å²) in [5.74, 6) is 0. The van der Waals surface area contributed by atoms with Crippen LogP contribution in [0.25, 0.3) is 0 Å². The van der Waals surface area contributed by atoms with E-state index in [4.69, 9.17) is 4.55 Å². The van der Waals surface area contributed by atoms with Crippen LogP contribution in [-0.4, -0.2) is 27.1 Å². The zero-order chi connectivity index (χ0) is 15.5. The normalized spacial score (nSPS) is 11.0. The second kappa shape index (κ2) is 6.02. The molecule has 0 aromatic heterocycles. The van der Waals surface area contributed by atoms with Gasteiger partial charge in [0.15, 0.2) is 0 Å². The maximum Gasteiger partial charge on any atom is 0.294 e. The van der Waals surface area contributed by atoms with E-state index < -0.39 is 10.1 Å². The Morgan fingerprint density at radius 2 is 1.29 bits per heavy atom. The maximum atomic E-state index is 10.9. The number of nitrogens with one attached hydrogen (secondary N) is 2. The van der Waals surface area contributed by atoms with Crippen LogP contribution in [0, 0.1) is 0 Å². The van der Waals surface area contributed by atoms with E-state index in [1.807, 2.05) is 43.3 Å². The molecule has 3 N–H and O–H groups in total. The lowest BCUT2D eigenvalue weighted by molar-refractivity contribution is 0.483. The van der Waals surface area contributed by atoms with Crippen molar-refractivity contribution in [3.8, 4) is 0 Å². The number of hydrazine groups is 1. The third-order valence-electron chi connectivity index (χ3n) is 2.89. The van der Waals surface area contributed by atoms with Crippen LogP contribution in [0.5, 0.6) is 0 Å². The predicted molar refractivity (Wildman–Crippen MR) is 84.3 cm³/mol. The number of rotatable bonds is 5. The summed E-state index contributed by atoms with van der Waals surface area (Å²) in [5, 5.41) is 0. The topological polar surface area (TPSA) is 81.7 Å². The Hall–Kier alpha value is -2.25. The molecule has 0 amide bonds. The summed E-state index contributed by atoms with van der Waals surface area (Å²) >= 11 is 0. The van der Waals surface area contributed by atoms with Crippen LogP contribution < -0.4 is 15.8 Å². The van der Waals surface area contributed by atoms with Gasteiger partial charge in [0.25, 0.3) is 10.1 Å². The standard InChI is InChI=1S/C14H17N3O3S/c1-17(2)13-7-3-11(4-8-13)15-16-12-5-9-14(10-6-12)21(18,19)20/h3-10,15-16H,1-2H3,(H,18,19,20). The second-order valence-electron chi connectivity index (χ2n) is 4.69. The van der Waals surface area contributed by atoms with E-state index in [1.54, 1.807) is 12.1 Å². The lowest BCUT2D eigenvalue weighted by Gasteiger charge is -2.14. The molecule has 7 heteroatoms. The zero-order valence-electron chi connectivity index (χ0n) is 11.7. The van der Waals surface area contributed by atoms with Gasteiger partial charge in [-0.3, -0.25) is 4.55 Å². The predicted octanol–water partition coefficient (Wildman–Crippen LogP) is 2.44. The quantitative estimate of drug-likeness (QED) is 0.581. The average molecular weight is 307 g/mol. The summed E-state index contributed by atoms with van der Waals surface area (Å²) in [7, 11) is -0.213. The molecule has 6 nitrogen and oxygen atoms in total. The van der Waals surface area contributed by atoms with Crippen molar-refractivity contribution in [3.05, 3.63) is 48.5 Å². The van der Waals surface area contributed by atoms with Crippen molar-refractivity contribution in [1.29, 1.82) is 0 Å². The van der Waals surface area contributed by atoms with E-state index in [-0.39, 0.29) is 4.90 Å². The molecule has 0 saturated carbocycles. The molecular weight excluding hydrogens is 290 g/mol. The maximum absolute atomic E-state index is 10.9. The molecule has 112 valence electrons. The fourth-order valence-corrected chi connectivity index (χ4v) is 2.18. The van der Waals surface area contributed by atoms with Crippen LogP contribution in [0.2, 0.25) is 0 Å². The third kappa shape index (κ3) is 4.11. The van der Waals surface area contributed by atoms with Crippen LogP contribution in [0.3, 0.4) is 0 Å². The van der Waals surface area contributed by atoms with Gasteiger partial charge in [0.05, 0.1) is 16.3 Å². The Balaban J connectivity index is 2.00. The zero-order valence-corrected chi connectivity index (χ0v) is 12.6. The summed E-state index contributed by atoms with van der Waals surface area (Å²) in [6.07, 6.45) is 0. The molecule has 2 rings (SSSR count). The molecule has 0 heterocycles. The Bertz CT molecular complexity index is 695. The third-order valence-corrected chi connectivity index (χ3v) is 3.75. The van der Waals surface area contributed by atoms with Gasteiger partial charge < -0.3 is 15.8 Å². The first-order valence-electron chi connectivity index (χ1n) is 6.23. The van der Waals surface area contributed by atoms with E-state index in [0.717, 1.165) is 11.4 Å². The van der Waals surface area contributed by atoms with Crippen LogP contribution in [-0.2, 0) is 10.1 Å². The van der Waals surface area contributed by atoms with Gasteiger partial charge in [-0.05, 0) is 48.5 Å². The van der Waals surface area contributed by atoms with Crippen LogP contribution >= 0.6 is 0 Å². The van der Waals surface area contributed by atoms with E-state index in [0.29, 0.717) is 5.69 Å². The molecule has 0 spiro atoms. The highest BCUT2D eigenvalue weighted by atomic mass is 32.2. The molecule has 0 fully saturated rings. The molecule has 0 aliphatic carbocycles. The average Bonchev–Trinajstić information content (AvgIpc) is 2.45. The first-order valence-corrected chi connectivity index (χ1v) is 7.67. The van der Waals surface area contributed by atoms with Gasteiger partial charge in [0, 0.05) is 19.8 Å². The van der Waals surface area contributed by atoms with Gasteiger partial charge in [-0.1, -0.05) is 0 Å². The van der Waals surface area contributed by atoms with Crippen LogP contribution in [0.15, 0.2) is 53.4 Å². The first kappa shape index (κ1) is 15.1. The number of benzene rings is 2. The minimum atomic E-state index is -4.15. The summed E-state index contributed by atoms with van der Waals surface area (Å²) in [6, 6.07) is 13.6. The van der Waals surface area contributed by atoms with E-state index in [1.165, 1.54) is 12.1 Å². The summed E-state index contributed by atoms with van der Waals surface area (Å²) in [4.78, 5) is 1.87. The molecule has 0 unspecified atom stereocenters. The Morgan fingerprint density at radius 1 is 0.857 bits per heavy atom. The monoisotopic (exact) mass is 307 g/mol. The molecule has 2 aromatic carbocycles. The highest BCUT2D eigenvalue weighted by Crippen LogP contribution is 2.17. The molecule has 0 aliphatic rings. The number of nitrogens with zero attached hydrogens (tertiary/aromatic N) is 1. The lowest BCUT2D eigenvalue weighted by atomic mass is 10.3. The van der Waals surface area contributed by atoms with Crippen molar-refractivity contribution < 1.29 is 13.0 Å². The Kier molecular flexibility index (Phi) is 4.35. The van der Waals surface area contributed by atoms with Gasteiger partial charge in [0.2, 0.25) is 0 Å². The molecule has 0 atom stereocenters. The molecule has 0 radical (unpaired) electrons. The van der Waals surface area contributed by atoms with Crippen LogP contribution in [0.1, 0.15) is 0 Å². The van der Waals surface area contributed by atoms with Crippen molar-refractivity contribution in [2.45, 2.75) is 4.90 Å². The SMILES string of the molecule is CN(C)c1ccc(NNc2ccc(S(=O)(=O)O)cc2)cc1. The highest BCUT2D eigenvalue weighted by Gasteiger charge is 2.08. The van der Waals surface area contributed by atoms with E-state index in [2.05, 4.69) is 10.9 Å². The first-order chi connectivity index (χ1) is 9.86. The van der Waals surface area contributed by atoms with Crippen molar-refractivity contribution in [2.75, 3.05) is 29.8 Å². The lowest BCUT2D eigenvalue weighted by Crippen LogP contribution is -2.10. The van der Waals surface area contributed by atoms with Gasteiger partial charge in [-0.2, -0.15) is 8.42 Å². The van der Waals surface area contributed by atoms with Gasteiger partial charge >= 0.3 is 0 Å². The van der Waals surface area contributed by atoms with Crippen molar-refractivity contribution in [2.24, 2.45) is 0 Å². The Morgan fingerprint density at radius 3 is 1.67 bits per heavy atom. The highest BCUT2D eigenvalue weighted by molar-refractivity contribution is 7.85. The van der Waals surface area contributed by atoms with E-state index in [9.17, 15) is 8.42 Å². The second-order valence-corrected chi connectivity index (χ2v) is 6.11. The fraction of sp³-hybridized carbons (Fsp3) is 0.143. The summed E-state index contributed by atoms with van der Waals surface area (Å²) in [5.41, 5.74) is 8.60. The summed E-state index contributed by atoms with van der Waals surface area (Å²) in [6.45, 7) is 0. The molecule has 0 bridgehead atoms. The van der Waals surface area contributed by atoms with E-state index >= 15 is 0 Å². The minimum Gasteiger partial charge on any atom is -0.378 e. The fourth-order valence-electron chi connectivity index (χ4n) is 1.70. The molecule has 0 aliphatic heterocycles. The number of hydrogen-bond acceptors (Lipinski definition) is 5. The van der Waals surface area contributed by atoms with Crippen molar-refractivity contribution >= 4 is 27.2 Å². The van der Waals surface area contributed by atoms with Crippen molar-refractivity contribution in [1.82, 2.24) is 0 Å². The minimum absolute atomic E-state index is 0.136. The molecule has 2 aromatic rings. The Labute approximate surface area is 124 Å². The molecule has 0 saturated heterocycles. The molecule has 21 heavy (non-hydrogen) atoms. The number of hydrogen-bond donors (Lipinski definition) is 3.